The number of carbonyl (C=O) groups is 1. The fourth-order valence-corrected chi connectivity index (χ4v) is 4.61. The number of nitrogens with one attached hydrogen (secondary N) is 1. The Morgan fingerprint density at radius 2 is 2.07 bits per heavy atom. The second-order valence-corrected chi connectivity index (χ2v) is 9.09. The molecular formula is C21H24ClN3O3S. The number of aliphatic imine (C=N–C) groups is 1. The van der Waals surface area contributed by atoms with Gasteiger partial charge in [0.05, 0.1) is 11.3 Å². The smallest absolute Gasteiger partial charge is 0.238 e. The van der Waals surface area contributed by atoms with Gasteiger partial charge < -0.3 is 5.32 Å². The maximum Gasteiger partial charge on any atom is 0.238 e. The molecule has 29 heavy (non-hydrogen) atoms. The Bertz CT molecular complexity index is 1050. The molecule has 1 amide bonds. The second-order valence-electron chi connectivity index (χ2n) is 7.15. The lowest BCUT2D eigenvalue weighted by molar-refractivity contribution is -0.115. The number of amides is 1. The number of benzene rings is 2. The molecule has 1 unspecified atom stereocenters. The number of nitrogens with zero attached hydrogens (tertiary/aromatic N) is 1. The summed E-state index contributed by atoms with van der Waals surface area (Å²) in [5.41, 5.74) is 2.48. The van der Waals surface area contributed by atoms with Gasteiger partial charge in [0.25, 0.3) is 0 Å². The van der Waals surface area contributed by atoms with E-state index in [-0.39, 0.29) is 23.1 Å². The van der Waals surface area contributed by atoms with Gasteiger partial charge in [0.1, 0.15) is 0 Å². The molecule has 0 fully saturated rings. The summed E-state index contributed by atoms with van der Waals surface area (Å²) in [5, 5.41) is 8.78. The van der Waals surface area contributed by atoms with Crippen molar-refractivity contribution in [2.24, 2.45) is 10.1 Å². The summed E-state index contributed by atoms with van der Waals surface area (Å²) in [6.45, 7) is 2.71. The summed E-state index contributed by atoms with van der Waals surface area (Å²) in [6, 6.07) is 10.3. The van der Waals surface area contributed by atoms with Crippen molar-refractivity contribution in [3.8, 4) is 0 Å². The number of anilines is 1. The van der Waals surface area contributed by atoms with Crippen LogP contribution < -0.4 is 10.5 Å². The van der Waals surface area contributed by atoms with E-state index in [1.54, 1.807) is 24.4 Å². The molecule has 1 aliphatic rings. The first-order chi connectivity index (χ1) is 13.8. The van der Waals surface area contributed by atoms with Crippen LogP contribution in [0.15, 0.2) is 46.3 Å². The quantitative estimate of drug-likeness (QED) is 0.722. The topological polar surface area (TPSA) is 102 Å². The molecule has 0 aliphatic carbocycles. The summed E-state index contributed by atoms with van der Waals surface area (Å²) < 4.78 is 24.5. The van der Waals surface area contributed by atoms with Gasteiger partial charge in [-0.2, -0.15) is 0 Å². The van der Waals surface area contributed by atoms with E-state index in [1.807, 2.05) is 12.1 Å². The van der Waals surface area contributed by atoms with E-state index in [4.69, 9.17) is 16.7 Å². The first-order valence-electron chi connectivity index (χ1n) is 9.53. The lowest BCUT2D eigenvalue weighted by Crippen LogP contribution is -2.19. The average Bonchev–Trinajstić information content (AvgIpc) is 2.85. The summed E-state index contributed by atoms with van der Waals surface area (Å²) in [4.78, 5) is 16.9. The van der Waals surface area contributed by atoms with Crippen LogP contribution in [0.3, 0.4) is 0 Å². The predicted molar refractivity (Wildman–Crippen MR) is 116 cm³/mol. The van der Waals surface area contributed by atoms with Crippen LogP contribution in [0.25, 0.3) is 0 Å². The van der Waals surface area contributed by atoms with Gasteiger partial charge in [-0.05, 0) is 48.1 Å². The Hall–Kier alpha value is -2.22. The molecule has 6 nitrogen and oxygen atoms in total. The maximum absolute atomic E-state index is 12.6. The predicted octanol–water partition coefficient (Wildman–Crippen LogP) is 3.87. The zero-order chi connectivity index (χ0) is 21.0. The molecule has 8 heteroatoms. The first-order valence-corrected chi connectivity index (χ1v) is 11.5. The van der Waals surface area contributed by atoms with Gasteiger partial charge in [-0.1, -0.05) is 43.1 Å². The summed E-state index contributed by atoms with van der Waals surface area (Å²) in [6.07, 6.45) is 4.34. The van der Waals surface area contributed by atoms with Crippen molar-refractivity contribution >= 4 is 39.4 Å². The number of nitrogens with two attached hydrogens (primary N) is 1. The Labute approximate surface area is 176 Å². The van der Waals surface area contributed by atoms with E-state index in [0.717, 1.165) is 24.8 Å². The van der Waals surface area contributed by atoms with Crippen molar-refractivity contribution in [1.82, 2.24) is 0 Å². The number of sulfonamides is 1. The zero-order valence-corrected chi connectivity index (χ0v) is 17.8. The minimum Gasteiger partial charge on any atom is -0.326 e. The number of hydrogen-bond donors (Lipinski definition) is 2. The molecule has 0 saturated heterocycles. The molecule has 1 atom stereocenters. The van der Waals surface area contributed by atoms with Crippen molar-refractivity contribution in [1.29, 1.82) is 0 Å². The summed E-state index contributed by atoms with van der Waals surface area (Å²) in [7, 11) is -3.99. The minimum absolute atomic E-state index is 0.0187. The summed E-state index contributed by atoms with van der Waals surface area (Å²) >= 11 is 6.13. The molecule has 0 saturated carbocycles. The van der Waals surface area contributed by atoms with Gasteiger partial charge in [-0.15, -0.1) is 0 Å². The molecule has 1 heterocycles. The van der Waals surface area contributed by atoms with Crippen molar-refractivity contribution in [2.75, 3.05) is 11.9 Å². The molecule has 154 valence electrons. The second kappa shape index (κ2) is 9.07. The van der Waals surface area contributed by atoms with Crippen LogP contribution >= 0.6 is 11.6 Å². The van der Waals surface area contributed by atoms with Crippen molar-refractivity contribution in [3.05, 3.63) is 58.1 Å². The van der Waals surface area contributed by atoms with Gasteiger partial charge in [-0.25, -0.2) is 13.6 Å². The Morgan fingerprint density at radius 1 is 1.31 bits per heavy atom. The Balaban J connectivity index is 1.98. The molecule has 3 rings (SSSR count). The van der Waals surface area contributed by atoms with Gasteiger partial charge in [0.15, 0.2) is 0 Å². The lowest BCUT2D eigenvalue weighted by Gasteiger charge is -2.20. The largest absolute Gasteiger partial charge is 0.326 e. The van der Waals surface area contributed by atoms with Crippen LogP contribution in [0.5, 0.6) is 0 Å². The fourth-order valence-electron chi connectivity index (χ4n) is 3.64. The van der Waals surface area contributed by atoms with E-state index in [9.17, 15) is 13.2 Å². The van der Waals surface area contributed by atoms with Crippen molar-refractivity contribution in [3.63, 3.8) is 0 Å². The zero-order valence-electron chi connectivity index (χ0n) is 16.2. The number of carbonyl (C=O) groups excluding carboxylic acids is 1. The number of halogens is 1. The van der Waals surface area contributed by atoms with E-state index in [2.05, 4.69) is 17.2 Å². The first kappa shape index (κ1) is 21.5. The monoisotopic (exact) mass is 433 g/mol. The number of rotatable bonds is 6. The van der Waals surface area contributed by atoms with Gasteiger partial charge in [0, 0.05) is 29.0 Å². The molecule has 1 aliphatic heterocycles. The van der Waals surface area contributed by atoms with E-state index in [1.165, 1.54) is 6.07 Å². The molecule has 0 bridgehead atoms. The molecule has 0 spiro atoms. The van der Waals surface area contributed by atoms with E-state index >= 15 is 0 Å². The highest BCUT2D eigenvalue weighted by Gasteiger charge is 2.24. The van der Waals surface area contributed by atoms with E-state index < -0.39 is 10.0 Å². The molecule has 0 radical (unpaired) electrons. The molecule has 2 aromatic carbocycles. The number of hydrogen-bond acceptors (Lipinski definition) is 4. The Morgan fingerprint density at radius 3 is 2.76 bits per heavy atom. The highest BCUT2D eigenvalue weighted by atomic mass is 35.5. The van der Waals surface area contributed by atoms with Crippen molar-refractivity contribution in [2.45, 2.75) is 43.4 Å². The highest BCUT2D eigenvalue weighted by molar-refractivity contribution is 7.89. The van der Waals surface area contributed by atoms with Crippen LogP contribution in [0.1, 0.15) is 48.8 Å². The molecule has 3 N–H and O–H groups in total. The van der Waals surface area contributed by atoms with Crippen LogP contribution in [-0.4, -0.2) is 27.1 Å². The third-order valence-corrected chi connectivity index (χ3v) is 6.30. The van der Waals surface area contributed by atoms with E-state index in [0.29, 0.717) is 28.4 Å². The third-order valence-electron chi connectivity index (χ3n) is 4.98. The van der Waals surface area contributed by atoms with Gasteiger partial charge in [0.2, 0.25) is 15.9 Å². The normalized spacial score (nSPS) is 16.2. The molecule has 2 aromatic rings. The minimum atomic E-state index is -3.99. The Kier molecular flexibility index (Phi) is 6.72. The van der Waals surface area contributed by atoms with Crippen LogP contribution in [0.2, 0.25) is 5.02 Å². The maximum atomic E-state index is 12.6. The number of fused-ring (bicyclic) bond motifs is 1. The van der Waals surface area contributed by atoms with Crippen molar-refractivity contribution < 1.29 is 13.2 Å². The average molecular weight is 434 g/mol. The standard InChI is InChI=1S/C21H24ClN3O3S/c1-2-5-14-8-9-24-13-18-17(14)11-16(12-20(18)29(23,27)28)25-21(26)10-15-6-3-4-7-19(15)22/h3-4,6-7,11-14H,2,5,8-10H2,1H3,(H,25,26)(H2,23,27,28). The van der Waals surface area contributed by atoms with Crippen LogP contribution in [0, 0.1) is 0 Å². The SMILES string of the molecule is CCCC1CCN=Cc2c1cc(NC(=O)Cc1ccccc1Cl)cc2S(N)(=O)=O. The van der Waals surface area contributed by atoms with Gasteiger partial charge in [-0.3, -0.25) is 9.79 Å². The highest BCUT2D eigenvalue weighted by Crippen LogP contribution is 2.34. The lowest BCUT2D eigenvalue weighted by atomic mass is 9.88. The van der Waals surface area contributed by atoms with Gasteiger partial charge >= 0.3 is 0 Å². The van der Waals surface area contributed by atoms with Crippen LogP contribution in [-0.2, 0) is 21.2 Å². The summed E-state index contributed by atoms with van der Waals surface area (Å²) in [5.74, 6) is -0.133. The third kappa shape index (κ3) is 5.23. The number of primary sulfonamides is 1. The van der Waals surface area contributed by atoms with Crippen LogP contribution in [0.4, 0.5) is 5.69 Å². The molecule has 0 aromatic heterocycles. The fraction of sp³-hybridized carbons (Fsp3) is 0.333. The molecular weight excluding hydrogens is 410 g/mol.